The van der Waals surface area contributed by atoms with Gasteiger partial charge in [0.25, 0.3) is 0 Å². The Bertz CT molecular complexity index is 975. The highest BCUT2D eigenvalue weighted by Crippen LogP contribution is 2.37. The molecule has 6 heteroatoms. The molecule has 172 valence electrons. The fraction of sp³-hybridized carbons (Fsp3) is 0.538. The second kappa shape index (κ2) is 9.18. The van der Waals surface area contributed by atoms with Crippen LogP contribution in [0.5, 0.6) is 0 Å². The van der Waals surface area contributed by atoms with Gasteiger partial charge >= 0.3 is 0 Å². The number of carbonyl (C=O) groups excluding carboxylic acids is 1. The van der Waals surface area contributed by atoms with Crippen LogP contribution in [0, 0.1) is 31.5 Å². The molecule has 1 N–H and O–H groups in total. The van der Waals surface area contributed by atoms with Gasteiger partial charge in [0.2, 0.25) is 5.91 Å². The predicted molar refractivity (Wildman–Crippen MR) is 125 cm³/mol. The minimum absolute atomic E-state index is 0.00200. The van der Waals surface area contributed by atoms with E-state index in [0.29, 0.717) is 31.1 Å². The lowest BCUT2D eigenvalue weighted by molar-refractivity contribution is -0.125. The van der Waals surface area contributed by atoms with E-state index in [1.807, 2.05) is 52.8 Å². The summed E-state index contributed by atoms with van der Waals surface area (Å²) in [5.41, 5.74) is 4.63. The van der Waals surface area contributed by atoms with Crippen LogP contribution in [0.4, 0.5) is 10.1 Å². The Balaban J connectivity index is 1.70. The molecule has 4 rings (SSSR count). The van der Waals surface area contributed by atoms with E-state index < -0.39 is 0 Å². The second-order valence-corrected chi connectivity index (χ2v) is 9.61. The SMILES string of the molecule is Cc1cc(-c2c(F)cc(N3CC(C)OC(C)C3)cc2CNC(=O)C(C)C2CC2)cc(C)n1. The molecule has 1 aromatic heterocycles. The van der Waals surface area contributed by atoms with E-state index in [2.05, 4.69) is 15.2 Å². The van der Waals surface area contributed by atoms with Gasteiger partial charge in [-0.2, -0.15) is 0 Å². The van der Waals surface area contributed by atoms with Crippen molar-refractivity contribution in [3.63, 3.8) is 0 Å². The minimum atomic E-state index is -0.279. The number of halogens is 1. The van der Waals surface area contributed by atoms with Crippen molar-refractivity contribution in [1.82, 2.24) is 10.3 Å². The fourth-order valence-corrected chi connectivity index (χ4v) is 4.81. The van der Waals surface area contributed by atoms with Crippen LogP contribution in [0.3, 0.4) is 0 Å². The Hall–Kier alpha value is -2.47. The third kappa shape index (κ3) is 5.12. The number of hydrogen-bond donors (Lipinski definition) is 1. The lowest BCUT2D eigenvalue weighted by Gasteiger charge is -2.37. The molecular weight excluding hydrogens is 405 g/mol. The van der Waals surface area contributed by atoms with Crippen LogP contribution in [0.25, 0.3) is 11.1 Å². The highest BCUT2D eigenvalue weighted by molar-refractivity contribution is 5.80. The first-order chi connectivity index (χ1) is 15.2. The topological polar surface area (TPSA) is 54.5 Å². The molecule has 3 atom stereocenters. The summed E-state index contributed by atoms with van der Waals surface area (Å²) < 4.78 is 21.5. The van der Waals surface area contributed by atoms with Crippen LogP contribution >= 0.6 is 0 Å². The number of nitrogens with one attached hydrogen (secondary N) is 1. The molecule has 3 unspecified atom stereocenters. The first-order valence-corrected chi connectivity index (χ1v) is 11.7. The molecule has 32 heavy (non-hydrogen) atoms. The Morgan fingerprint density at radius 2 is 1.78 bits per heavy atom. The van der Waals surface area contributed by atoms with Crippen molar-refractivity contribution in [2.45, 2.75) is 66.2 Å². The van der Waals surface area contributed by atoms with Crippen molar-refractivity contribution >= 4 is 11.6 Å². The quantitative estimate of drug-likeness (QED) is 0.704. The van der Waals surface area contributed by atoms with Crippen molar-refractivity contribution in [3.05, 3.63) is 47.0 Å². The molecule has 1 saturated heterocycles. The highest BCUT2D eigenvalue weighted by atomic mass is 19.1. The zero-order valence-corrected chi connectivity index (χ0v) is 19.7. The Kier molecular flexibility index (Phi) is 6.52. The van der Waals surface area contributed by atoms with Crippen LogP contribution in [0.2, 0.25) is 0 Å². The number of anilines is 1. The minimum Gasteiger partial charge on any atom is -0.372 e. The van der Waals surface area contributed by atoms with Gasteiger partial charge in [-0.05, 0) is 81.8 Å². The molecule has 5 nitrogen and oxygen atoms in total. The van der Waals surface area contributed by atoms with Crippen LogP contribution in [-0.2, 0) is 16.1 Å². The molecule has 2 heterocycles. The zero-order chi connectivity index (χ0) is 23.0. The summed E-state index contributed by atoms with van der Waals surface area (Å²) in [6, 6.07) is 7.45. The third-order valence-electron chi connectivity index (χ3n) is 6.51. The van der Waals surface area contributed by atoms with E-state index in [4.69, 9.17) is 4.74 Å². The summed E-state index contributed by atoms with van der Waals surface area (Å²) in [5, 5.41) is 3.07. The Morgan fingerprint density at radius 1 is 1.16 bits per heavy atom. The molecule has 0 bridgehead atoms. The molecule has 1 aliphatic heterocycles. The number of rotatable bonds is 6. The van der Waals surface area contributed by atoms with E-state index in [1.54, 1.807) is 6.07 Å². The maximum absolute atomic E-state index is 15.6. The third-order valence-corrected chi connectivity index (χ3v) is 6.51. The van der Waals surface area contributed by atoms with Crippen LogP contribution in [-0.4, -0.2) is 36.2 Å². The van der Waals surface area contributed by atoms with Gasteiger partial charge < -0.3 is 15.0 Å². The summed E-state index contributed by atoms with van der Waals surface area (Å²) in [4.78, 5) is 19.3. The molecular formula is C26H34FN3O2. The first kappa shape index (κ1) is 22.7. The van der Waals surface area contributed by atoms with Gasteiger partial charge in [-0.3, -0.25) is 9.78 Å². The van der Waals surface area contributed by atoms with Crippen molar-refractivity contribution in [1.29, 1.82) is 0 Å². The number of ether oxygens (including phenoxy) is 1. The average molecular weight is 440 g/mol. The highest BCUT2D eigenvalue weighted by Gasteiger charge is 2.32. The summed E-state index contributed by atoms with van der Waals surface area (Å²) in [6.07, 6.45) is 2.39. The average Bonchev–Trinajstić information content (AvgIpc) is 3.54. The molecule has 1 aliphatic carbocycles. The van der Waals surface area contributed by atoms with E-state index in [1.165, 1.54) is 0 Å². The summed E-state index contributed by atoms with van der Waals surface area (Å²) >= 11 is 0. The number of benzene rings is 1. The van der Waals surface area contributed by atoms with Gasteiger partial charge in [0.1, 0.15) is 5.82 Å². The predicted octanol–water partition coefficient (Wildman–Crippen LogP) is 4.78. The number of aryl methyl sites for hydroxylation is 2. The number of pyridine rings is 1. The Labute approximate surface area is 190 Å². The van der Waals surface area contributed by atoms with Crippen molar-refractivity contribution in [3.8, 4) is 11.1 Å². The van der Waals surface area contributed by atoms with Crippen molar-refractivity contribution in [2.24, 2.45) is 11.8 Å². The summed E-state index contributed by atoms with van der Waals surface area (Å²) in [5.74, 6) is 0.246. The lowest BCUT2D eigenvalue weighted by atomic mass is 9.96. The number of nitrogens with zero attached hydrogens (tertiary/aromatic N) is 2. The summed E-state index contributed by atoms with van der Waals surface area (Å²) in [7, 11) is 0. The number of amides is 1. The fourth-order valence-electron chi connectivity index (χ4n) is 4.81. The van der Waals surface area contributed by atoms with Gasteiger partial charge in [0.05, 0.1) is 12.2 Å². The lowest BCUT2D eigenvalue weighted by Crippen LogP contribution is -2.45. The van der Waals surface area contributed by atoms with Crippen molar-refractivity contribution in [2.75, 3.05) is 18.0 Å². The smallest absolute Gasteiger partial charge is 0.223 e. The van der Waals surface area contributed by atoms with Gasteiger partial charge in [-0.15, -0.1) is 0 Å². The van der Waals surface area contributed by atoms with Crippen LogP contribution in [0.15, 0.2) is 24.3 Å². The molecule has 2 aromatic rings. The number of carbonyl (C=O) groups is 1. The van der Waals surface area contributed by atoms with Crippen LogP contribution in [0.1, 0.15) is 50.6 Å². The Morgan fingerprint density at radius 3 is 2.38 bits per heavy atom. The van der Waals surface area contributed by atoms with E-state index >= 15 is 4.39 Å². The van der Waals surface area contributed by atoms with E-state index in [0.717, 1.165) is 41.0 Å². The van der Waals surface area contributed by atoms with Crippen LogP contribution < -0.4 is 10.2 Å². The van der Waals surface area contributed by atoms with E-state index in [9.17, 15) is 4.79 Å². The van der Waals surface area contributed by atoms with Crippen molar-refractivity contribution < 1.29 is 13.9 Å². The molecule has 1 aromatic carbocycles. The summed E-state index contributed by atoms with van der Waals surface area (Å²) in [6.45, 7) is 11.6. The van der Waals surface area contributed by atoms with Gasteiger partial charge in [-0.25, -0.2) is 4.39 Å². The molecule has 0 spiro atoms. The molecule has 1 amide bonds. The number of aromatic nitrogens is 1. The zero-order valence-electron chi connectivity index (χ0n) is 19.7. The largest absolute Gasteiger partial charge is 0.372 e. The number of morpholine rings is 1. The maximum atomic E-state index is 15.6. The molecule has 0 radical (unpaired) electrons. The monoisotopic (exact) mass is 439 g/mol. The van der Waals surface area contributed by atoms with Gasteiger partial charge in [0, 0.05) is 48.2 Å². The normalized spacial score (nSPS) is 22.0. The van der Waals surface area contributed by atoms with Gasteiger partial charge in [-0.1, -0.05) is 6.92 Å². The van der Waals surface area contributed by atoms with Gasteiger partial charge in [0.15, 0.2) is 0 Å². The second-order valence-electron chi connectivity index (χ2n) is 9.61. The molecule has 1 saturated carbocycles. The molecule has 2 aliphatic rings. The maximum Gasteiger partial charge on any atom is 0.223 e. The molecule has 2 fully saturated rings. The van der Waals surface area contributed by atoms with E-state index in [-0.39, 0.29) is 29.9 Å². The first-order valence-electron chi connectivity index (χ1n) is 11.7. The standard InChI is InChI=1S/C26H34FN3O2/c1-15-8-21(9-16(2)29-15)25-22(12-28-26(31)19(5)20-6-7-20)10-23(11-24(25)27)30-13-17(3)32-18(4)14-30/h8-11,17-20H,6-7,12-14H2,1-5H3,(H,28,31). The number of hydrogen-bond acceptors (Lipinski definition) is 4.